The Morgan fingerprint density at radius 2 is 2.10 bits per heavy atom. The Morgan fingerprint density at radius 1 is 1.40 bits per heavy atom. The largest absolute Gasteiger partial charge is 0.462 e. The van der Waals surface area contributed by atoms with Crippen molar-refractivity contribution in [1.82, 2.24) is 0 Å². The van der Waals surface area contributed by atoms with Gasteiger partial charge < -0.3 is 4.74 Å². The minimum atomic E-state index is -0.640. The van der Waals surface area contributed by atoms with Crippen LogP contribution in [0, 0.1) is 11.3 Å². The quantitative estimate of drug-likeness (QED) is 0.366. The molecule has 1 aliphatic heterocycles. The molecule has 0 aliphatic carbocycles. The number of aliphatic imine (C=N–C) groups is 1. The highest BCUT2D eigenvalue weighted by Gasteiger charge is 2.23. The number of carbonyl (C=O) groups is 1. The lowest BCUT2D eigenvalue weighted by Gasteiger charge is -1.99. The van der Waals surface area contributed by atoms with Gasteiger partial charge in [0, 0.05) is 10.6 Å². The Balaban J connectivity index is 2.31. The van der Waals surface area contributed by atoms with E-state index in [2.05, 4.69) is 4.99 Å². The number of hydrogen-bond acceptors (Lipinski definition) is 6. The van der Waals surface area contributed by atoms with E-state index < -0.39 is 5.97 Å². The first-order valence-corrected chi connectivity index (χ1v) is 8.19. The number of benzene rings is 1. The van der Waals surface area contributed by atoms with Gasteiger partial charge in [0.25, 0.3) is 0 Å². The topological polar surface area (TPSA) is 62.5 Å². The molecule has 20 heavy (non-hydrogen) atoms. The molecule has 1 aliphatic rings. The predicted octanol–water partition coefficient (Wildman–Crippen LogP) is 3.78. The minimum Gasteiger partial charge on any atom is -0.462 e. The number of halogens is 1. The third-order valence-electron chi connectivity index (χ3n) is 2.30. The van der Waals surface area contributed by atoms with Crippen LogP contribution in [-0.2, 0) is 9.53 Å². The highest BCUT2D eigenvalue weighted by Crippen LogP contribution is 2.43. The Hall–Kier alpha value is -1.42. The van der Waals surface area contributed by atoms with Crippen molar-refractivity contribution in [2.75, 3.05) is 6.61 Å². The fourth-order valence-electron chi connectivity index (χ4n) is 1.40. The van der Waals surface area contributed by atoms with Gasteiger partial charge in [0.05, 0.1) is 6.61 Å². The molecule has 0 bridgehead atoms. The first kappa shape index (κ1) is 15.0. The van der Waals surface area contributed by atoms with Gasteiger partial charge in [-0.25, -0.2) is 9.79 Å². The van der Waals surface area contributed by atoms with Gasteiger partial charge in [-0.05, 0) is 40.6 Å². The monoisotopic (exact) mass is 324 g/mol. The van der Waals surface area contributed by atoms with Crippen molar-refractivity contribution in [1.29, 1.82) is 5.26 Å². The molecular formula is C13H9ClN2O2S2. The van der Waals surface area contributed by atoms with Gasteiger partial charge in [0.1, 0.15) is 16.1 Å². The molecule has 0 spiro atoms. The van der Waals surface area contributed by atoms with Crippen LogP contribution in [0.4, 0.5) is 0 Å². The standard InChI is InChI=1S/C13H9ClN2O2S2/c1-2-18-13(17)10(7-15)12-16-11(19-20-12)8-3-5-9(14)6-4-8/h3-6H,2H2,1H3/b12-10+. The first-order valence-electron chi connectivity index (χ1n) is 5.66. The number of nitrogens with zero attached hydrogens (tertiary/aromatic N) is 2. The fourth-order valence-corrected chi connectivity index (χ4v) is 3.67. The molecule has 102 valence electrons. The molecule has 0 saturated heterocycles. The smallest absolute Gasteiger partial charge is 0.351 e. The van der Waals surface area contributed by atoms with Crippen LogP contribution in [0.25, 0.3) is 0 Å². The number of carbonyl (C=O) groups excluding carboxylic acids is 1. The molecule has 1 aromatic carbocycles. The summed E-state index contributed by atoms with van der Waals surface area (Å²) in [5, 5.41) is 10.8. The molecule has 0 amide bonds. The minimum absolute atomic E-state index is 0.0617. The van der Waals surface area contributed by atoms with Gasteiger partial charge in [-0.15, -0.1) is 0 Å². The van der Waals surface area contributed by atoms with E-state index >= 15 is 0 Å². The molecule has 0 unspecified atom stereocenters. The van der Waals surface area contributed by atoms with Crippen LogP contribution < -0.4 is 0 Å². The van der Waals surface area contributed by atoms with Gasteiger partial charge in [-0.3, -0.25) is 0 Å². The van der Waals surface area contributed by atoms with Crippen molar-refractivity contribution in [3.05, 3.63) is 45.5 Å². The molecule has 0 fully saturated rings. The van der Waals surface area contributed by atoms with E-state index in [-0.39, 0.29) is 12.2 Å². The van der Waals surface area contributed by atoms with E-state index in [1.165, 1.54) is 21.6 Å². The van der Waals surface area contributed by atoms with Crippen LogP contribution in [-0.4, -0.2) is 17.6 Å². The van der Waals surface area contributed by atoms with E-state index in [0.29, 0.717) is 10.1 Å². The summed E-state index contributed by atoms with van der Waals surface area (Å²) in [4.78, 5) is 16.0. The summed E-state index contributed by atoms with van der Waals surface area (Å²) >= 11 is 5.83. The number of esters is 1. The molecule has 1 aromatic rings. The summed E-state index contributed by atoms with van der Waals surface area (Å²) < 4.78 is 4.84. The second-order valence-electron chi connectivity index (χ2n) is 3.60. The van der Waals surface area contributed by atoms with Crippen molar-refractivity contribution < 1.29 is 9.53 Å². The van der Waals surface area contributed by atoms with Crippen LogP contribution in [0.2, 0.25) is 5.02 Å². The number of nitriles is 1. The van der Waals surface area contributed by atoms with Crippen LogP contribution >= 0.6 is 33.2 Å². The van der Waals surface area contributed by atoms with Crippen LogP contribution in [0.1, 0.15) is 12.5 Å². The zero-order valence-corrected chi connectivity index (χ0v) is 12.8. The highest BCUT2D eigenvalue weighted by molar-refractivity contribution is 8.84. The molecule has 0 radical (unpaired) electrons. The maximum absolute atomic E-state index is 11.6. The molecule has 7 heteroatoms. The van der Waals surface area contributed by atoms with Crippen molar-refractivity contribution in [3.8, 4) is 6.07 Å². The highest BCUT2D eigenvalue weighted by atomic mass is 35.5. The molecule has 0 N–H and O–H groups in total. The van der Waals surface area contributed by atoms with Gasteiger partial charge in [0.15, 0.2) is 5.57 Å². The summed E-state index contributed by atoms with van der Waals surface area (Å²) in [5.41, 5.74) is 0.830. The zero-order chi connectivity index (χ0) is 14.5. The Morgan fingerprint density at radius 3 is 2.70 bits per heavy atom. The first-order chi connectivity index (χ1) is 9.65. The van der Waals surface area contributed by atoms with Gasteiger partial charge in [0.2, 0.25) is 0 Å². The molecule has 0 aromatic heterocycles. The molecule has 1 heterocycles. The maximum atomic E-state index is 11.6. The molecule has 4 nitrogen and oxygen atoms in total. The van der Waals surface area contributed by atoms with Gasteiger partial charge >= 0.3 is 5.97 Å². The van der Waals surface area contributed by atoms with Gasteiger partial charge in [-0.2, -0.15) is 5.26 Å². The van der Waals surface area contributed by atoms with E-state index in [1.807, 2.05) is 18.2 Å². The van der Waals surface area contributed by atoms with Gasteiger partial charge in [-0.1, -0.05) is 23.7 Å². The average Bonchev–Trinajstić information content (AvgIpc) is 2.90. The predicted molar refractivity (Wildman–Crippen MR) is 82.4 cm³/mol. The fraction of sp³-hybridized carbons (Fsp3) is 0.154. The summed E-state index contributed by atoms with van der Waals surface area (Å²) in [5.74, 6) is -0.640. The third kappa shape index (κ3) is 3.37. The van der Waals surface area contributed by atoms with Crippen LogP contribution in [0.15, 0.2) is 39.9 Å². The van der Waals surface area contributed by atoms with E-state index in [4.69, 9.17) is 21.6 Å². The van der Waals surface area contributed by atoms with Crippen LogP contribution in [0.3, 0.4) is 0 Å². The van der Waals surface area contributed by atoms with Crippen molar-refractivity contribution in [2.24, 2.45) is 4.99 Å². The zero-order valence-electron chi connectivity index (χ0n) is 10.4. The Kier molecular flexibility index (Phi) is 5.12. The molecular weight excluding hydrogens is 316 g/mol. The van der Waals surface area contributed by atoms with Crippen LogP contribution in [0.5, 0.6) is 0 Å². The summed E-state index contributed by atoms with van der Waals surface area (Å²) in [6.45, 7) is 1.92. The number of hydrogen-bond donors (Lipinski definition) is 0. The molecule has 0 saturated carbocycles. The lowest BCUT2D eigenvalue weighted by atomic mass is 10.2. The summed E-state index contributed by atoms with van der Waals surface area (Å²) in [6, 6.07) is 9.07. The van der Waals surface area contributed by atoms with E-state index in [1.54, 1.807) is 19.1 Å². The van der Waals surface area contributed by atoms with Crippen molar-refractivity contribution in [2.45, 2.75) is 6.92 Å². The lowest BCUT2D eigenvalue weighted by Crippen LogP contribution is -2.07. The second-order valence-corrected chi connectivity index (χ2v) is 6.15. The Bertz CT molecular complexity index is 633. The average molecular weight is 325 g/mol. The normalized spacial score (nSPS) is 16.4. The molecule has 0 atom stereocenters. The van der Waals surface area contributed by atoms with E-state index in [0.717, 1.165) is 10.6 Å². The second kappa shape index (κ2) is 6.84. The summed E-state index contributed by atoms with van der Waals surface area (Å²) in [7, 11) is 2.67. The maximum Gasteiger partial charge on any atom is 0.351 e. The number of rotatable bonds is 3. The van der Waals surface area contributed by atoms with Crippen molar-refractivity contribution in [3.63, 3.8) is 0 Å². The van der Waals surface area contributed by atoms with E-state index in [9.17, 15) is 4.79 Å². The third-order valence-corrected chi connectivity index (χ3v) is 4.77. The Labute approximate surface area is 129 Å². The lowest BCUT2D eigenvalue weighted by molar-refractivity contribution is -0.138. The number of ether oxygens (including phenoxy) is 1. The SMILES string of the molecule is CCOC(=O)/C(C#N)=C1\N=C(c2ccc(Cl)cc2)SS1. The molecule has 2 rings (SSSR count). The van der Waals surface area contributed by atoms with Crippen molar-refractivity contribution >= 4 is 44.2 Å². The summed E-state index contributed by atoms with van der Waals surface area (Å²) in [6.07, 6.45) is 0.